The lowest BCUT2D eigenvalue weighted by atomic mass is 10.0. The number of carbonyl (C=O) groups is 3. The van der Waals surface area contributed by atoms with Gasteiger partial charge in [0.1, 0.15) is 13.2 Å². The van der Waals surface area contributed by atoms with E-state index in [0.717, 1.165) is 53.9 Å². The molecule has 210 valence electrons. The average Bonchev–Trinajstić information content (AvgIpc) is 3.40. The Morgan fingerprint density at radius 1 is 0.947 bits per heavy atom. The maximum atomic E-state index is 12.3. The molecule has 0 unspecified atom stereocenters. The number of nitrogens with zero attached hydrogens (tertiary/aromatic N) is 2. The summed E-state index contributed by atoms with van der Waals surface area (Å²) in [5.41, 5.74) is 4.63. The van der Waals surface area contributed by atoms with Crippen LogP contribution in [0.25, 0.3) is 11.3 Å². The SMILES string of the molecule is CCCC(=O)OC[n+]1ccc(-c2c(COC(=O)NC(C)C)c(COC(=O)NC(C)C)c3n2CCC3)cc1.[I-]. The van der Waals surface area contributed by atoms with E-state index in [0.29, 0.717) is 6.42 Å². The highest BCUT2D eigenvalue weighted by atomic mass is 127. The van der Waals surface area contributed by atoms with Crippen molar-refractivity contribution in [2.24, 2.45) is 0 Å². The number of pyridine rings is 1. The molecule has 0 atom stereocenters. The van der Waals surface area contributed by atoms with Crippen LogP contribution >= 0.6 is 0 Å². The number of nitrogens with one attached hydrogen (secondary N) is 2. The minimum absolute atomic E-state index is 0. The molecular formula is C27H39IN4O6. The number of hydrogen-bond donors (Lipinski definition) is 2. The monoisotopic (exact) mass is 642 g/mol. The number of halogens is 1. The van der Waals surface area contributed by atoms with Crippen LogP contribution in [0.2, 0.25) is 0 Å². The van der Waals surface area contributed by atoms with Crippen molar-refractivity contribution in [2.75, 3.05) is 0 Å². The molecule has 2 N–H and O–H groups in total. The van der Waals surface area contributed by atoms with Gasteiger partial charge in [-0.05, 0) is 47.0 Å². The molecule has 0 saturated carbocycles. The molecule has 10 nitrogen and oxygen atoms in total. The van der Waals surface area contributed by atoms with Crippen molar-refractivity contribution < 1.29 is 57.1 Å². The van der Waals surface area contributed by atoms with E-state index in [-0.39, 0.29) is 62.0 Å². The minimum Gasteiger partial charge on any atom is -1.00 e. The summed E-state index contributed by atoms with van der Waals surface area (Å²) in [4.78, 5) is 36.2. The van der Waals surface area contributed by atoms with Crippen LogP contribution < -0.4 is 39.2 Å². The molecule has 0 fully saturated rings. The summed E-state index contributed by atoms with van der Waals surface area (Å²) in [5.74, 6) is -0.228. The van der Waals surface area contributed by atoms with E-state index in [1.165, 1.54) is 0 Å². The summed E-state index contributed by atoms with van der Waals surface area (Å²) < 4.78 is 20.4. The molecule has 2 amide bonds. The number of alkyl carbamates (subject to hydrolysis) is 2. The first kappa shape index (κ1) is 31.4. The molecule has 38 heavy (non-hydrogen) atoms. The molecule has 3 rings (SSSR count). The van der Waals surface area contributed by atoms with Gasteiger partial charge in [0, 0.05) is 59.6 Å². The summed E-state index contributed by atoms with van der Waals surface area (Å²) in [6, 6.07) is 3.80. The lowest BCUT2D eigenvalue weighted by Crippen LogP contribution is -3.00. The normalized spacial score (nSPS) is 12.1. The van der Waals surface area contributed by atoms with E-state index < -0.39 is 12.2 Å². The van der Waals surface area contributed by atoms with Crippen LogP contribution in [0, 0.1) is 0 Å². The molecular weight excluding hydrogens is 603 g/mol. The molecule has 0 aromatic carbocycles. The molecule has 0 bridgehead atoms. The molecule has 1 aliphatic rings. The van der Waals surface area contributed by atoms with Gasteiger partial charge in [-0.15, -0.1) is 0 Å². The molecule has 2 aromatic rings. The predicted octanol–water partition coefficient (Wildman–Crippen LogP) is 0.963. The summed E-state index contributed by atoms with van der Waals surface area (Å²) in [7, 11) is 0. The zero-order valence-electron chi connectivity index (χ0n) is 22.8. The second-order valence-electron chi connectivity index (χ2n) is 9.75. The molecule has 2 aromatic heterocycles. The molecule has 3 heterocycles. The quantitative estimate of drug-likeness (QED) is 0.164. The fourth-order valence-corrected chi connectivity index (χ4v) is 4.33. The van der Waals surface area contributed by atoms with E-state index in [2.05, 4.69) is 15.2 Å². The standard InChI is InChI=1S/C27H38N4O6.HI/c1-6-8-24(32)37-17-30-13-10-20(11-14-30)25-22(16-36-27(34)29-19(4)5)21(23-9-7-12-31(23)25)15-35-26(33)28-18(2)3;/h10-11,13-14,18-19H,6-9,12,15-17H2,1-5H3,(H-,28,29,33,34);1H. The Balaban J connectivity index is 0.00000507. The van der Waals surface area contributed by atoms with Crippen molar-refractivity contribution in [2.45, 2.75) is 98.9 Å². The van der Waals surface area contributed by atoms with Crippen molar-refractivity contribution in [1.29, 1.82) is 0 Å². The van der Waals surface area contributed by atoms with E-state index in [1.807, 2.05) is 59.1 Å². The Hall–Kier alpha value is -2.83. The van der Waals surface area contributed by atoms with Gasteiger partial charge in [-0.2, -0.15) is 4.57 Å². The van der Waals surface area contributed by atoms with Gasteiger partial charge in [-0.25, -0.2) is 9.59 Å². The average molecular weight is 643 g/mol. The molecule has 0 aliphatic carbocycles. The lowest BCUT2D eigenvalue weighted by Gasteiger charge is -2.14. The maximum Gasteiger partial charge on any atom is 0.407 e. The third-order valence-electron chi connectivity index (χ3n) is 5.89. The van der Waals surface area contributed by atoms with Crippen LogP contribution in [-0.4, -0.2) is 34.8 Å². The molecule has 0 spiro atoms. The van der Waals surface area contributed by atoms with Gasteiger partial charge in [0.2, 0.25) is 0 Å². The predicted molar refractivity (Wildman–Crippen MR) is 136 cm³/mol. The van der Waals surface area contributed by atoms with Gasteiger partial charge in [0.05, 0.1) is 5.69 Å². The van der Waals surface area contributed by atoms with Gasteiger partial charge in [-0.1, -0.05) is 6.92 Å². The van der Waals surface area contributed by atoms with Crippen LogP contribution in [0.4, 0.5) is 9.59 Å². The smallest absolute Gasteiger partial charge is 0.407 e. The molecule has 0 saturated heterocycles. The van der Waals surface area contributed by atoms with Crippen molar-refractivity contribution >= 4 is 18.2 Å². The number of fused-ring (bicyclic) bond motifs is 1. The Kier molecular flexibility index (Phi) is 12.3. The number of amides is 2. The highest BCUT2D eigenvalue weighted by molar-refractivity contribution is 5.71. The fourth-order valence-electron chi connectivity index (χ4n) is 4.33. The Bertz CT molecular complexity index is 1100. The highest BCUT2D eigenvalue weighted by Gasteiger charge is 2.28. The summed E-state index contributed by atoms with van der Waals surface area (Å²) in [6.45, 7) is 10.5. The van der Waals surface area contributed by atoms with E-state index >= 15 is 0 Å². The zero-order chi connectivity index (χ0) is 26.9. The molecule has 0 radical (unpaired) electrons. The van der Waals surface area contributed by atoms with Crippen LogP contribution in [0.5, 0.6) is 0 Å². The first-order chi connectivity index (χ1) is 17.7. The van der Waals surface area contributed by atoms with Crippen molar-refractivity contribution in [3.05, 3.63) is 41.3 Å². The number of rotatable bonds is 11. The van der Waals surface area contributed by atoms with Crippen LogP contribution in [0.1, 0.15) is 70.7 Å². The second kappa shape index (κ2) is 14.9. The zero-order valence-corrected chi connectivity index (χ0v) is 25.0. The number of hydrogen-bond acceptors (Lipinski definition) is 6. The van der Waals surface area contributed by atoms with Gasteiger partial charge < -0.3 is 53.4 Å². The number of esters is 1. The first-order valence-electron chi connectivity index (χ1n) is 12.9. The minimum atomic E-state index is -0.503. The largest absolute Gasteiger partial charge is 1.00 e. The van der Waals surface area contributed by atoms with Crippen molar-refractivity contribution in [1.82, 2.24) is 15.2 Å². The van der Waals surface area contributed by atoms with Gasteiger partial charge in [0.15, 0.2) is 12.4 Å². The second-order valence-corrected chi connectivity index (χ2v) is 9.75. The van der Waals surface area contributed by atoms with E-state index in [1.54, 1.807) is 4.57 Å². The topological polar surface area (TPSA) is 112 Å². The number of carbonyl (C=O) groups excluding carboxylic acids is 3. The van der Waals surface area contributed by atoms with Crippen LogP contribution in [0.15, 0.2) is 24.5 Å². The lowest BCUT2D eigenvalue weighted by molar-refractivity contribution is -0.727. The number of ether oxygens (including phenoxy) is 3. The Morgan fingerprint density at radius 2 is 1.53 bits per heavy atom. The molecule has 11 heteroatoms. The summed E-state index contributed by atoms with van der Waals surface area (Å²) >= 11 is 0. The third-order valence-corrected chi connectivity index (χ3v) is 5.89. The third kappa shape index (κ3) is 8.60. The van der Waals surface area contributed by atoms with E-state index in [9.17, 15) is 14.4 Å². The van der Waals surface area contributed by atoms with E-state index in [4.69, 9.17) is 14.2 Å². The Labute approximate surface area is 241 Å². The van der Waals surface area contributed by atoms with Crippen molar-refractivity contribution in [3.63, 3.8) is 0 Å². The number of aromatic nitrogens is 2. The molecule has 1 aliphatic heterocycles. The Morgan fingerprint density at radius 3 is 2.08 bits per heavy atom. The maximum absolute atomic E-state index is 12.3. The highest BCUT2D eigenvalue weighted by Crippen LogP contribution is 2.36. The van der Waals surface area contributed by atoms with Gasteiger partial charge in [0.25, 0.3) is 6.73 Å². The first-order valence-corrected chi connectivity index (χ1v) is 12.9. The van der Waals surface area contributed by atoms with Gasteiger partial charge in [-0.3, -0.25) is 4.79 Å². The summed E-state index contributed by atoms with van der Waals surface area (Å²) in [6.07, 6.45) is 5.67. The van der Waals surface area contributed by atoms with Crippen LogP contribution in [0.3, 0.4) is 0 Å². The van der Waals surface area contributed by atoms with Crippen molar-refractivity contribution in [3.8, 4) is 11.3 Å². The van der Waals surface area contributed by atoms with Crippen LogP contribution in [-0.2, 0) is 51.9 Å². The van der Waals surface area contributed by atoms with Gasteiger partial charge >= 0.3 is 18.2 Å². The summed E-state index contributed by atoms with van der Waals surface area (Å²) in [5, 5.41) is 5.49. The fraction of sp³-hybridized carbons (Fsp3) is 0.556.